The summed E-state index contributed by atoms with van der Waals surface area (Å²) in [5.41, 5.74) is 6.59. The third kappa shape index (κ3) is 2.15. The van der Waals surface area contributed by atoms with E-state index in [-0.39, 0.29) is 17.5 Å². The number of H-pyrrole nitrogens is 1. The van der Waals surface area contributed by atoms with Crippen LogP contribution in [0, 0.1) is 0 Å². The van der Waals surface area contributed by atoms with Crippen molar-refractivity contribution in [3.8, 4) is 0 Å². The summed E-state index contributed by atoms with van der Waals surface area (Å²) in [6, 6.07) is 1.76. The van der Waals surface area contributed by atoms with Gasteiger partial charge in [0.2, 0.25) is 0 Å². The zero-order valence-corrected chi connectivity index (χ0v) is 8.22. The Morgan fingerprint density at radius 3 is 2.62 bits per heavy atom. The molecule has 0 spiro atoms. The summed E-state index contributed by atoms with van der Waals surface area (Å²) >= 11 is 0. The summed E-state index contributed by atoms with van der Waals surface area (Å²) in [7, 11) is 0. The SMILES string of the molecule is CC(C)(C)c1cc(CN)c(=O)[nH]n1. The summed E-state index contributed by atoms with van der Waals surface area (Å²) in [6.07, 6.45) is 0. The third-order valence-corrected chi connectivity index (χ3v) is 1.87. The Morgan fingerprint density at radius 1 is 1.54 bits per heavy atom. The highest BCUT2D eigenvalue weighted by Gasteiger charge is 2.16. The van der Waals surface area contributed by atoms with Crippen molar-refractivity contribution in [1.82, 2.24) is 10.2 Å². The molecule has 1 heterocycles. The topological polar surface area (TPSA) is 71.8 Å². The van der Waals surface area contributed by atoms with E-state index in [1.807, 2.05) is 20.8 Å². The lowest BCUT2D eigenvalue weighted by Crippen LogP contribution is -2.23. The van der Waals surface area contributed by atoms with Crippen LogP contribution in [0.4, 0.5) is 0 Å². The third-order valence-electron chi connectivity index (χ3n) is 1.87. The van der Waals surface area contributed by atoms with Crippen LogP contribution in [-0.2, 0) is 12.0 Å². The Kier molecular flexibility index (Phi) is 2.52. The molecule has 3 N–H and O–H groups in total. The van der Waals surface area contributed by atoms with Gasteiger partial charge >= 0.3 is 0 Å². The molecule has 0 aliphatic rings. The number of hydrogen-bond acceptors (Lipinski definition) is 3. The van der Waals surface area contributed by atoms with Crippen molar-refractivity contribution in [2.45, 2.75) is 32.7 Å². The molecule has 4 nitrogen and oxygen atoms in total. The summed E-state index contributed by atoms with van der Waals surface area (Å²) < 4.78 is 0. The maximum atomic E-state index is 11.1. The van der Waals surface area contributed by atoms with Crippen molar-refractivity contribution in [3.05, 3.63) is 27.7 Å². The van der Waals surface area contributed by atoms with Crippen LogP contribution in [0.5, 0.6) is 0 Å². The van der Waals surface area contributed by atoms with Gasteiger partial charge in [0, 0.05) is 17.5 Å². The van der Waals surface area contributed by atoms with Gasteiger partial charge in [-0.3, -0.25) is 4.79 Å². The number of nitrogens with zero attached hydrogens (tertiary/aromatic N) is 1. The molecule has 0 atom stereocenters. The van der Waals surface area contributed by atoms with Gasteiger partial charge in [0.25, 0.3) is 5.56 Å². The molecule has 4 heteroatoms. The van der Waals surface area contributed by atoms with Crippen LogP contribution in [0.25, 0.3) is 0 Å². The first-order valence-corrected chi connectivity index (χ1v) is 4.24. The predicted octanol–water partition coefficient (Wildman–Crippen LogP) is 0.526. The molecule has 0 aromatic carbocycles. The smallest absolute Gasteiger partial charge is 0.268 e. The normalized spacial score (nSPS) is 11.7. The van der Waals surface area contributed by atoms with Gasteiger partial charge in [-0.2, -0.15) is 5.10 Å². The minimum Gasteiger partial charge on any atom is -0.326 e. The van der Waals surface area contributed by atoms with Gasteiger partial charge in [0.15, 0.2) is 0 Å². The van der Waals surface area contributed by atoms with Crippen molar-refractivity contribution in [2.24, 2.45) is 5.73 Å². The van der Waals surface area contributed by atoms with E-state index in [1.54, 1.807) is 6.07 Å². The second-order valence-electron chi connectivity index (χ2n) is 4.06. The molecule has 0 aliphatic heterocycles. The Morgan fingerprint density at radius 2 is 2.15 bits per heavy atom. The number of nitrogens with one attached hydrogen (secondary N) is 1. The number of aromatic nitrogens is 2. The highest BCUT2D eigenvalue weighted by atomic mass is 16.1. The lowest BCUT2D eigenvalue weighted by atomic mass is 9.91. The summed E-state index contributed by atoms with van der Waals surface area (Å²) in [5, 5.41) is 6.41. The Bertz CT molecular complexity index is 349. The van der Waals surface area contributed by atoms with Crippen molar-refractivity contribution in [2.75, 3.05) is 0 Å². The fraction of sp³-hybridized carbons (Fsp3) is 0.556. The van der Waals surface area contributed by atoms with Crippen molar-refractivity contribution in [1.29, 1.82) is 0 Å². The van der Waals surface area contributed by atoms with E-state index >= 15 is 0 Å². The van der Waals surface area contributed by atoms with Crippen LogP contribution in [0.3, 0.4) is 0 Å². The van der Waals surface area contributed by atoms with E-state index < -0.39 is 0 Å². The lowest BCUT2D eigenvalue weighted by Gasteiger charge is -2.17. The Hall–Kier alpha value is -1.16. The molecule has 0 saturated carbocycles. The molecule has 72 valence electrons. The molecule has 0 radical (unpaired) electrons. The maximum Gasteiger partial charge on any atom is 0.268 e. The molecule has 13 heavy (non-hydrogen) atoms. The van der Waals surface area contributed by atoms with Crippen LogP contribution >= 0.6 is 0 Å². The van der Waals surface area contributed by atoms with E-state index in [1.165, 1.54) is 0 Å². The number of aromatic amines is 1. The fourth-order valence-electron chi connectivity index (χ4n) is 0.981. The molecule has 0 bridgehead atoms. The molecule has 0 unspecified atom stereocenters. The minimum atomic E-state index is -0.199. The zero-order valence-electron chi connectivity index (χ0n) is 8.22. The fourth-order valence-corrected chi connectivity index (χ4v) is 0.981. The van der Waals surface area contributed by atoms with E-state index in [0.29, 0.717) is 5.56 Å². The van der Waals surface area contributed by atoms with Crippen LogP contribution < -0.4 is 11.3 Å². The second kappa shape index (κ2) is 3.30. The maximum absolute atomic E-state index is 11.1. The summed E-state index contributed by atoms with van der Waals surface area (Å²) in [4.78, 5) is 11.1. The molecule has 0 fully saturated rings. The van der Waals surface area contributed by atoms with Crippen LogP contribution in [0.1, 0.15) is 32.0 Å². The Labute approximate surface area is 77.2 Å². The molecular formula is C9H15N3O. The average molecular weight is 181 g/mol. The first-order chi connectivity index (χ1) is 5.95. The van der Waals surface area contributed by atoms with Gasteiger partial charge in [-0.15, -0.1) is 0 Å². The minimum absolute atomic E-state index is 0.0614. The molecule has 0 aliphatic carbocycles. The molecule has 0 amide bonds. The highest BCUT2D eigenvalue weighted by molar-refractivity contribution is 5.18. The summed E-state index contributed by atoms with van der Waals surface area (Å²) in [6.45, 7) is 6.36. The zero-order chi connectivity index (χ0) is 10.1. The van der Waals surface area contributed by atoms with Crippen molar-refractivity contribution >= 4 is 0 Å². The highest BCUT2D eigenvalue weighted by Crippen LogP contribution is 2.18. The number of nitrogens with two attached hydrogens (primary N) is 1. The monoisotopic (exact) mass is 181 g/mol. The van der Waals surface area contributed by atoms with Crippen LogP contribution in [0.2, 0.25) is 0 Å². The van der Waals surface area contributed by atoms with Gasteiger partial charge in [0.05, 0.1) is 5.69 Å². The van der Waals surface area contributed by atoms with Gasteiger partial charge in [-0.1, -0.05) is 20.8 Å². The van der Waals surface area contributed by atoms with Gasteiger partial charge in [-0.25, -0.2) is 5.10 Å². The largest absolute Gasteiger partial charge is 0.326 e. The van der Waals surface area contributed by atoms with Gasteiger partial charge < -0.3 is 5.73 Å². The van der Waals surface area contributed by atoms with Crippen molar-refractivity contribution < 1.29 is 0 Å². The van der Waals surface area contributed by atoms with Gasteiger partial charge in [0.1, 0.15) is 0 Å². The molecule has 1 rings (SSSR count). The van der Waals surface area contributed by atoms with E-state index in [0.717, 1.165) is 5.69 Å². The standard InChI is InChI=1S/C9H15N3O/c1-9(2,3)7-4-6(5-10)8(13)12-11-7/h4H,5,10H2,1-3H3,(H,12,13). The van der Waals surface area contributed by atoms with Crippen LogP contribution in [0.15, 0.2) is 10.9 Å². The molecule has 1 aromatic rings. The molecule has 0 saturated heterocycles. The second-order valence-corrected chi connectivity index (χ2v) is 4.06. The van der Waals surface area contributed by atoms with E-state index in [2.05, 4.69) is 10.2 Å². The molecular weight excluding hydrogens is 166 g/mol. The first kappa shape index (κ1) is 9.92. The van der Waals surface area contributed by atoms with Gasteiger partial charge in [-0.05, 0) is 6.07 Å². The molecule has 1 aromatic heterocycles. The first-order valence-electron chi connectivity index (χ1n) is 4.24. The number of hydrogen-bond donors (Lipinski definition) is 2. The quantitative estimate of drug-likeness (QED) is 0.663. The Balaban J connectivity index is 3.22. The lowest BCUT2D eigenvalue weighted by molar-refractivity contribution is 0.555. The van der Waals surface area contributed by atoms with Crippen molar-refractivity contribution in [3.63, 3.8) is 0 Å². The van der Waals surface area contributed by atoms with E-state index in [9.17, 15) is 4.79 Å². The average Bonchev–Trinajstić information content (AvgIpc) is 2.03. The summed E-state index contributed by atoms with van der Waals surface area (Å²) in [5.74, 6) is 0. The predicted molar refractivity (Wildman–Crippen MR) is 51.4 cm³/mol. The van der Waals surface area contributed by atoms with E-state index in [4.69, 9.17) is 5.73 Å². The number of rotatable bonds is 1. The van der Waals surface area contributed by atoms with Crippen LogP contribution in [-0.4, -0.2) is 10.2 Å².